The highest BCUT2D eigenvalue weighted by Gasteiger charge is 2.40. The summed E-state index contributed by atoms with van der Waals surface area (Å²) in [5.74, 6) is -1.35. The van der Waals surface area contributed by atoms with Crippen molar-refractivity contribution >= 4 is 52.8 Å². The molecule has 1 saturated heterocycles. The van der Waals surface area contributed by atoms with E-state index >= 15 is 0 Å². The molecule has 2 N–H and O–H groups in total. The molecule has 8 heteroatoms. The van der Waals surface area contributed by atoms with Gasteiger partial charge in [0.15, 0.2) is 0 Å². The Morgan fingerprint density at radius 2 is 1.46 bits per heavy atom. The van der Waals surface area contributed by atoms with Crippen LogP contribution < -0.4 is 15.5 Å². The molecule has 4 amide bonds. The smallest absolute Gasteiger partial charge is 0.272 e. The maximum atomic E-state index is 13.2. The Bertz CT molecular complexity index is 1600. The van der Waals surface area contributed by atoms with Gasteiger partial charge in [-0.25, -0.2) is 4.90 Å². The molecule has 0 aliphatic carbocycles. The van der Waals surface area contributed by atoms with Gasteiger partial charge in [-0.1, -0.05) is 66.2 Å². The predicted molar refractivity (Wildman–Crippen MR) is 161 cm³/mol. The minimum Gasteiger partial charge on any atom is -0.321 e. The number of rotatable bonds is 8. The number of hydrogen-bond acceptors (Lipinski definition) is 5. The summed E-state index contributed by atoms with van der Waals surface area (Å²) in [5.41, 5.74) is 3.42. The van der Waals surface area contributed by atoms with E-state index in [0.717, 1.165) is 16.0 Å². The second-order valence-corrected chi connectivity index (χ2v) is 10.8. The van der Waals surface area contributed by atoms with E-state index in [2.05, 4.69) is 10.6 Å². The van der Waals surface area contributed by atoms with E-state index in [1.807, 2.05) is 55.5 Å². The zero-order valence-electron chi connectivity index (χ0n) is 22.2. The van der Waals surface area contributed by atoms with Crippen LogP contribution in [-0.4, -0.2) is 28.9 Å². The SMILES string of the molecule is Cc1ccc(N2C(=O)CC(Sc3ccc(NC(=O)/C(=C/c4ccccc4)NC(=O)c4ccccc4)cc3)C2=O)cc1. The Morgan fingerprint density at radius 1 is 0.829 bits per heavy atom. The fourth-order valence-corrected chi connectivity index (χ4v) is 5.35. The topological polar surface area (TPSA) is 95.6 Å². The van der Waals surface area contributed by atoms with Crippen molar-refractivity contribution in [2.75, 3.05) is 10.2 Å². The number of thioether (sulfide) groups is 1. The fourth-order valence-electron chi connectivity index (χ4n) is 4.30. The van der Waals surface area contributed by atoms with E-state index in [-0.39, 0.29) is 23.9 Å². The van der Waals surface area contributed by atoms with Gasteiger partial charge in [-0.05, 0) is 67.1 Å². The van der Waals surface area contributed by atoms with Crippen LogP contribution in [0.15, 0.2) is 120 Å². The van der Waals surface area contributed by atoms with Crippen LogP contribution in [0.25, 0.3) is 6.08 Å². The molecule has 0 aromatic heterocycles. The van der Waals surface area contributed by atoms with Crippen molar-refractivity contribution in [2.24, 2.45) is 0 Å². The van der Waals surface area contributed by atoms with Gasteiger partial charge in [-0.2, -0.15) is 0 Å². The van der Waals surface area contributed by atoms with E-state index in [1.165, 1.54) is 16.7 Å². The first kappa shape index (κ1) is 27.6. The number of carbonyl (C=O) groups is 4. The van der Waals surface area contributed by atoms with Gasteiger partial charge in [-0.3, -0.25) is 19.2 Å². The lowest BCUT2D eigenvalue weighted by Crippen LogP contribution is -2.31. The van der Waals surface area contributed by atoms with Crippen molar-refractivity contribution in [2.45, 2.75) is 23.5 Å². The van der Waals surface area contributed by atoms with Gasteiger partial charge in [0.25, 0.3) is 11.8 Å². The summed E-state index contributed by atoms with van der Waals surface area (Å²) in [5, 5.41) is 5.02. The lowest BCUT2D eigenvalue weighted by Gasteiger charge is -2.15. The van der Waals surface area contributed by atoms with E-state index in [4.69, 9.17) is 0 Å². The summed E-state index contributed by atoms with van der Waals surface area (Å²) in [4.78, 5) is 53.7. The third-order valence-electron chi connectivity index (χ3n) is 6.43. The minimum atomic E-state index is -0.530. The number of benzene rings is 4. The van der Waals surface area contributed by atoms with Crippen molar-refractivity contribution < 1.29 is 19.2 Å². The largest absolute Gasteiger partial charge is 0.321 e. The number of aryl methyl sites for hydroxylation is 1. The highest BCUT2D eigenvalue weighted by atomic mass is 32.2. The van der Waals surface area contributed by atoms with Gasteiger partial charge in [0.2, 0.25) is 11.8 Å². The molecule has 7 nitrogen and oxygen atoms in total. The summed E-state index contributed by atoms with van der Waals surface area (Å²) in [6, 6.07) is 32.2. The summed E-state index contributed by atoms with van der Waals surface area (Å²) in [6.45, 7) is 1.95. The summed E-state index contributed by atoms with van der Waals surface area (Å²) >= 11 is 1.31. The molecule has 41 heavy (non-hydrogen) atoms. The highest BCUT2D eigenvalue weighted by Crippen LogP contribution is 2.34. The van der Waals surface area contributed by atoms with Gasteiger partial charge >= 0.3 is 0 Å². The minimum absolute atomic E-state index is 0.0924. The Morgan fingerprint density at radius 3 is 2.12 bits per heavy atom. The van der Waals surface area contributed by atoms with Gasteiger partial charge in [0.05, 0.1) is 10.9 Å². The first-order valence-corrected chi connectivity index (χ1v) is 13.9. The zero-order chi connectivity index (χ0) is 28.8. The zero-order valence-corrected chi connectivity index (χ0v) is 23.1. The van der Waals surface area contributed by atoms with E-state index in [0.29, 0.717) is 16.9 Å². The van der Waals surface area contributed by atoms with Crippen LogP contribution in [0.4, 0.5) is 11.4 Å². The van der Waals surface area contributed by atoms with Crippen LogP contribution in [0.5, 0.6) is 0 Å². The number of anilines is 2. The molecule has 1 heterocycles. The standard InChI is InChI=1S/C33H27N3O4S/c1-22-12-16-26(17-13-22)36-30(37)21-29(33(36)40)41-27-18-14-25(15-19-27)34-32(39)28(20-23-8-4-2-5-9-23)35-31(38)24-10-6-3-7-11-24/h2-20,29H,21H2,1H3,(H,34,39)(H,35,38)/b28-20-. The quantitative estimate of drug-likeness (QED) is 0.209. The van der Waals surface area contributed by atoms with E-state index in [1.54, 1.807) is 66.7 Å². The summed E-state index contributed by atoms with van der Waals surface area (Å²) in [6.07, 6.45) is 1.73. The molecule has 204 valence electrons. The highest BCUT2D eigenvalue weighted by molar-refractivity contribution is 8.00. The molecule has 0 spiro atoms. The molecule has 1 aliphatic rings. The van der Waals surface area contributed by atoms with Crippen LogP contribution in [0.2, 0.25) is 0 Å². The molecule has 0 saturated carbocycles. The molecule has 5 rings (SSSR count). The lowest BCUT2D eigenvalue weighted by atomic mass is 10.1. The van der Waals surface area contributed by atoms with Gasteiger partial charge in [0, 0.05) is 22.6 Å². The molecule has 1 aliphatic heterocycles. The van der Waals surface area contributed by atoms with Crippen molar-refractivity contribution in [3.05, 3.63) is 132 Å². The molecular formula is C33H27N3O4S. The van der Waals surface area contributed by atoms with Crippen molar-refractivity contribution in [1.82, 2.24) is 5.32 Å². The monoisotopic (exact) mass is 561 g/mol. The van der Waals surface area contributed by atoms with Crippen LogP contribution >= 0.6 is 11.8 Å². The Balaban J connectivity index is 1.26. The number of carbonyl (C=O) groups excluding carboxylic acids is 4. The number of imide groups is 1. The summed E-state index contributed by atoms with van der Waals surface area (Å²) < 4.78 is 0. The first-order chi connectivity index (χ1) is 19.9. The maximum Gasteiger partial charge on any atom is 0.272 e. The van der Waals surface area contributed by atoms with Crippen LogP contribution in [0, 0.1) is 6.92 Å². The van der Waals surface area contributed by atoms with E-state index < -0.39 is 17.1 Å². The molecule has 4 aromatic rings. The van der Waals surface area contributed by atoms with E-state index in [9.17, 15) is 19.2 Å². The Hall–Kier alpha value is -4.95. The molecule has 1 fully saturated rings. The Kier molecular flexibility index (Phi) is 8.41. The number of amides is 4. The molecule has 0 radical (unpaired) electrons. The van der Waals surface area contributed by atoms with Gasteiger partial charge in [0.1, 0.15) is 5.70 Å². The third-order valence-corrected chi connectivity index (χ3v) is 7.62. The lowest BCUT2D eigenvalue weighted by molar-refractivity contribution is -0.121. The van der Waals surface area contributed by atoms with Crippen molar-refractivity contribution in [1.29, 1.82) is 0 Å². The number of hydrogen-bond donors (Lipinski definition) is 2. The maximum absolute atomic E-state index is 13.2. The second-order valence-electron chi connectivity index (χ2n) is 9.48. The predicted octanol–water partition coefficient (Wildman–Crippen LogP) is 5.83. The molecule has 0 bridgehead atoms. The number of nitrogens with zero attached hydrogens (tertiary/aromatic N) is 1. The van der Waals surface area contributed by atoms with Crippen LogP contribution in [0.1, 0.15) is 27.9 Å². The third kappa shape index (κ3) is 6.80. The Labute approximate surface area is 242 Å². The first-order valence-electron chi connectivity index (χ1n) is 13.0. The van der Waals surface area contributed by atoms with Crippen molar-refractivity contribution in [3.63, 3.8) is 0 Å². The summed E-state index contributed by atoms with van der Waals surface area (Å²) in [7, 11) is 0. The normalized spacial score (nSPS) is 15.1. The van der Waals surface area contributed by atoms with Gasteiger partial charge in [-0.15, -0.1) is 11.8 Å². The van der Waals surface area contributed by atoms with Gasteiger partial charge < -0.3 is 10.6 Å². The van der Waals surface area contributed by atoms with Crippen LogP contribution in [0.3, 0.4) is 0 Å². The average molecular weight is 562 g/mol. The van der Waals surface area contributed by atoms with Crippen LogP contribution in [-0.2, 0) is 14.4 Å². The molecule has 1 unspecified atom stereocenters. The molecular weight excluding hydrogens is 534 g/mol. The number of nitrogens with one attached hydrogen (secondary N) is 2. The average Bonchev–Trinajstić information content (AvgIpc) is 3.27. The second kappa shape index (κ2) is 12.5. The molecule has 4 aromatic carbocycles. The fraction of sp³-hybridized carbons (Fsp3) is 0.0909. The molecule has 1 atom stereocenters. The van der Waals surface area contributed by atoms with Crippen molar-refractivity contribution in [3.8, 4) is 0 Å².